The van der Waals surface area contributed by atoms with E-state index in [9.17, 15) is 13.2 Å². The Labute approximate surface area is 177 Å². The quantitative estimate of drug-likeness (QED) is 0.553. The molecular weight excluding hydrogens is 398 g/mol. The molecule has 1 aromatic heterocycles. The van der Waals surface area contributed by atoms with Gasteiger partial charge in [-0.05, 0) is 74.9 Å². The van der Waals surface area contributed by atoms with E-state index in [1.54, 1.807) is 24.3 Å². The Hall–Kier alpha value is -2.64. The molecule has 0 unspecified atom stereocenters. The van der Waals surface area contributed by atoms with Crippen LogP contribution in [0.25, 0.3) is 10.9 Å². The van der Waals surface area contributed by atoms with Gasteiger partial charge in [0, 0.05) is 35.2 Å². The minimum Gasteiger partial charge on any atom is -0.361 e. The molecule has 0 bridgehead atoms. The molecule has 3 aromatic rings. The van der Waals surface area contributed by atoms with Gasteiger partial charge >= 0.3 is 0 Å². The van der Waals surface area contributed by atoms with Crippen LogP contribution in [0, 0.1) is 18.8 Å². The van der Waals surface area contributed by atoms with Crippen LogP contribution in [-0.4, -0.2) is 25.9 Å². The van der Waals surface area contributed by atoms with Crippen molar-refractivity contribution in [2.75, 3.05) is 11.9 Å². The molecule has 4 rings (SSSR count). The standard InChI is InChI=1S/C23H27N3O3S/c1-16-2-9-21(10-3-16)30(28,29)25-15-17-4-6-18(7-5-17)23(27)26-20-8-11-22-19(14-20)12-13-24-22/h2-3,8-14,17-18,24-25H,4-7,15H2,1H3,(H,26,27). The molecule has 1 saturated carbocycles. The van der Waals surface area contributed by atoms with Crippen LogP contribution in [0.4, 0.5) is 5.69 Å². The van der Waals surface area contributed by atoms with E-state index >= 15 is 0 Å². The van der Waals surface area contributed by atoms with Gasteiger partial charge in [0.25, 0.3) is 0 Å². The summed E-state index contributed by atoms with van der Waals surface area (Å²) in [7, 11) is -3.49. The average molecular weight is 426 g/mol. The van der Waals surface area contributed by atoms with Crippen molar-refractivity contribution in [3.05, 3.63) is 60.3 Å². The summed E-state index contributed by atoms with van der Waals surface area (Å²) in [6, 6.07) is 14.7. The van der Waals surface area contributed by atoms with Crippen molar-refractivity contribution in [1.29, 1.82) is 0 Å². The predicted molar refractivity (Wildman–Crippen MR) is 119 cm³/mol. The first kappa shape index (κ1) is 20.6. The zero-order valence-electron chi connectivity index (χ0n) is 17.0. The van der Waals surface area contributed by atoms with Gasteiger partial charge in [-0.15, -0.1) is 0 Å². The largest absolute Gasteiger partial charge is 0.361 e. The average Bonchev–Trinajstić information content (AvgIpc) is 3.21. The van der Waals surface area contributed by atoms with Gasteiger partial charge in [-0.2, -0.15) is 0 Å². The lowest BCUT2D eigenvalue weighted by molar-refractivity contribution is -0.121. The maximum atomic E-state index is 12.6. The summed E-state index contributed by atoms with van der Waals surface area (Å²) in [6.07, 6.45) is 5.10. The zero-order chi connectivity index (χ0) is 21.1. The number of hydrogen-bond donors (Lipinski definition) is 3. The fourth-order valence-electron chi connectivity index (χ4n) is 4.03. The van der Waals surface area contributed by atoms with Gasteiger partial charge in [0.1, 0.15) is 0 Å². The van der Waals surface area contributed by atoms with Crippen molar-refractivity contribution >= 4 is 32.5 Å². The van der Waals surface area contributed by atoms with Crippen LogP contribution in [0.3, 0.4) is 0 Å². The van der Waals surface area contributed by atoms with Gasteiger partial charge in [0.2, 0.25) is 15.9 Å². The summed E-state index contributed by atoms with van der Waals surface area (Å²) in [5, 5.41) is 4.09. The molecule has 0 spiro atoms. The Kier molecular flexibility index (Phi) is 5.92. The van der Waals surface area contributed by atoms with Crippen LogP contribution in [-0.2, 0) is 14.8 Å². The molecule has 1 heterocycles. The van der Waals surface area contributed by atoms with Crippen molar-refractivity contribution in [3.8, 4) is 0 Å². The second-order valence-corrected chi connectivity index (χ2v) is 9.92. The molecule has 0 radical (unpaired) electrons. The number of nitrogens with one attached hydrogen (secondary N) is 3. The number of fused-ring (bicyclic) bond motifs is 1. The molecule has 30 heavy (non-hydrogen) atoms. The van der Waals surface area contributed by atoms with Gasteiger partial charge in [-0.25, -0.2) is 13.1 Å². The number of aromatic amines is 1. The van der Waals surface area contributed by atoms with E-state index in [1.165, 1.54) is 0 Å². The van der Waals surface area contributed by atoms with Crippen LogP contribution in [0.15, 0.2) is 59.6 Å². The zero-order valence-corrected chi connectivity index (χ0v) is 17.8. The summed E-state index contributed by atoms with van der Waals surface area (Å²) in [6.45, 7) is 2.34. The molecule has 0 atom stereocenters. The second kappa shape index (κ2) is 8.62. The highest BCUT2D eigenvalue weighted by Gasteiger charge is 2.27. The van der Waals surface area contributed by atoms with Crippen LogP contribution in [0.5, 0.6) is 0 Å². The molecule has 158 valence electrons. The first-order valence-corrected chi connectivity index (χ1v) is 11.8. The van der Waals surface area contributed by atoms with E-state index in [0.29, 0.717) is 11.4 Å². The fraction of sp³-hybridized carbons (Fsp3) is 0.348. The third-order valence-electron chi connectivity index (χ3n) is 5.93. The molecule has 2 aromatic carbocycles. The normalized spacial score (nSPS) is 19.6. The van der Waals surface area contributed by atoms with Crippen molar-refractivity contribution in [3.63, 3.8) is 0 Å². The predicted octanol–water partition coefficient (Wildman–Crippen LogP) is 4.20. The van der Waals surface area contributed by atoms with Gasteiger partial charge in [-0.3, -0.25) is 4.79 Å². The van der Waals surface area contributed by atoms with Crippen LogP contribution in [0.1, 0.15) is 31.2 Å². The first-order chi connectivity index (χ1) is 14.4. The molecule has 3 N–H and O–H groups in total. The number of hydrogen-bond acceptors (Lipinski definition) is 3. The fourth-order valence-corrected chi connectivity index (χ4v) is 5.15. The number of anilines is 1. The number of carbonyl (C=O) groups is 1. The smallest absolute Gasteiger partial charge is 0.240 e. The number of aromatic nitrogens is 1. The Morgan fingerprint density at radius 2 is 1.77 bits per heavy atom. The van der Waals surface area contributed by atoms with E-state index in [0.717, 1.165) is 47.8 Å². The second-order valence-electron chi connectivity index (χ2n) is 8.15. The van der Waals surface area contributed by atoms with E-state index in [-0.39, 0.29) is 17.7 Å². The molecule has 0 aliphatic heterocycles. The van der Waals surface area contributed by atoms with Gasteiger partial charge in [0.15, 0.2) is 0 Å². The number of H-pyrrole nitrogens is 1. The molecular formula is C23H27N3O3S. The lowest BCUT2D eigenvalue weighted by atomic mass is 9.81. The summed E-state index contributed by atoms with van der Waals surface area (Å²) in [5.74, 6) is 0.269. The first-order valence-electron chi connectivity index (χ1n) is 10.3. The van der Waals surface area contributed by atoms with Crippen molar-refractivity contribution in [2.45, 2.75) is 37.5 Å². The number of rotatable bonds is 6. The topological polar surface area (TPSA) is 91.1 Å². The molecule has 1 amide bonds. The van der Waals surface area contributed by atoms with E-state index < -0.39 is 10.0 Å². The Morgan fingerprint density at radius 1 is 1.03 bits per heavy atom. The summed E-state index contributed by atoms with van der Waals surface area (Å²) < 4.78 is 27.6. The third-order valence-corrected chi connectivity index (χ3v) is 7.37. The Morgan fingerprint density at radius 3 is 2.50 bits per heavy atom. The minimum atomic E-state index is -3.49. The molecule has 1 fully saturated rings. The van der Waals surface area contributed by atoms with E-state index in [1.807, 2.05) is 37.4 Å². The Balaban J connectivity index is 1.27. The molecule has 6 nitrogen and oxygen atoms in total. The van der Waals surface area contributed by atoms with E-state index in [2.05, 4.69) is 15.0 Å². The van der Waals surface area contributed by atoms with Crippen LogP contribution < -0.4 is 10.0 Å². The van der Waals surface area contributed by atoms with Gasteiger partial charge in [-0.1, -0.05) is 17.7 Å². The number of aryl methyl sites for hydroxylation is 1. The lowest BCUT2D eigenvalue weighted by Gasteiger charge is -2.28. The minimum absolute atomic E-state index is 0.0307. The van der Waals surface area contributed by atoms with Crippen LogP contribution in [0.2, 0.25) is 0 Å². The lowest BCUT2D eigenvalue weighted by Crippen LogP contribution is -2.33. The van der Waals surface area contributed by atoms with Crippen molar-refractivity contribution < 1.29 is 13.2 Å². The highest BCUT2D eigenvalue weighted by atomic mass is 32.2. The highest BCUT2D eigenvalue weighted by molar-refractivity contribution is 7.89. The molecule has 0 saturated heterocycles. The number of carbonyl (C=O) groups excluding carboxylic acids is 1. The molecule has 1 aliphatic rings. The molecule has 7 heteroatoms. The number of sulfonamides is 1. The SMILES string of the molecule is Cc1ccc(S(=O)(=O)NCC2CCC(C(=O)Nc3ccc4[nH]ccc4c3)CC2)cc1. The third kappa shape index (κ3) is 4.74. The molecule has 1 aliphatic carbocycles. The van der Waals surface area contributed by atoms with Crippen molar-refractivity contribution in [2.24, 2.45) is 11.8 Å². The number of amides is 1. The van der Waals surface area contributed by atoms with Crippen LogP contribution >= 0.6 is 0 Å². The summed E-state index contributed by atoms with van der Waals surface area (Å²) >= 11 is 0. The highest BCUT2D eigenvalue weighted by Crippen LogP contribution is 2.30. The Bertz CT molecular complexity index is 1130. The van der Waals surface area contributed by atoms with Crippen molar-refractivity contribution in [1.82, 2.24) is 9.71 Å². The van der Waals surface area contributed by atoms with E-state index in [4.69, 9.17) is 0 Å². The number of benzene rings is 2. The summed E-state index contributed by atoms with van der Waals surface area (Å²) in [5.41, 5.74) is 2.88. The maximum absolute atomic E-state index is 12.6. The summed E-state index contributed by atoms with van der Waals surface area (Å²) in [4.78, 5) is 16.1. The monoisotopic (exact) mass is 425 g/mol. The van der Waals surface area contributed by atoms with Gasteiger partial charge < -0.3 is 10.3 Å². The van der Waals surface area contributed by atoms with Gasteiger partial charge in [0.05, 0.1) is 4.90 Å². The maximum Gasteiger partial charge on any atom is 0.240 e.